The fourth-order valence-electron chi connectivity index (χ4n) is 8.65. The van der Waals surface area contributed by atoms with Gasteiger partial charge in [-0.1, -0.05) is 158 Å². The van der Waals surface area contributed by atoms with E-state index in [0.717, 1.165) is 110 Å². The number of hydrogen-bond acceptors (Lipinski definition) is 5. The van der Waals surface area contributed by atoms with E-state index in [1.165, 1.54) is 0 Å². The minimum Gasteiger partial charge on any atom is -0.455 e. The molecular formula is C53H31N3O2. The van der Waals surface area contributed by atoms with E-state index >= 15 is 0 Å². The van der Waals surface area contributed by atoms with Gasteiger partial charge in [-0.25, -0.2) is 15.0 Å². The van der Waals surface area contributed by atoms with Gasteiger partial charge in [-0.2, -0.15) is 0 Å². The summed E-state index contributed by atoms with van der Waals surface area (Å²) in [5, 5.41) is 8.74. The van der Waals surface area contributed by atoms with Crippen molar-refractivity contribution in [2.75, 3.05) is 0 Å². The maximum Gasteiger partial charge on any atom is 0.228 e. The van der Waals surface area contributed by atoms with Gasteiger partial charge in [-0.3, -0.25) is 0 Å². The van der Waals surface area contributed by atoms with Crippen molar-refractivity contribution in [1.82, 2.24) is 15.0 Å². The van der Waals surface area contributed by atoms with E-state index < -0.39 is 0 Å². The molecule has 0 fully saturated rings. The molecule has 0 aliphatic carbocycles. The third kappa shape index (κ3) is 5.07. The molecule has 5 heteroatoms. The third-order valence-electron chi connectivity index (χ3n) is 11.3. The topological polar surface area (TPSA) is 65.0 Å². The molecular weight excluding hydrogens is 711 g/mol. The highest BCUT2D eigenvalue weighted by Gasteiger charge is 2.20. The number of fused-ring (bicyclic) bond motifs is 9. The molecule has 8 aromatic carbocycles. The fraction of sp³-hybridized carbons (Fsp3) is 0. The van der Waals surface area contributed by atoms with Crippen molar-refractivity contribution >= 4 is 65.6 Å². The van der Waals surface area contributed by atoms with Gasteiger partial charge in [0.15, 0.2) is 5.82 Å². The summed E-state index contributed by atoms with van der Waals surface area (Å²) in [5.74, 6) is 0.655. The molecule has 0 unspecified atom stereocenters. The standard InChI is InChI=1S/C53H31N3O2/c1-2-14-32(15-3-1)52-54-45(31-46(55-52)43-25-13-24-42-38-20-8-10-26-47(38)57-51(42)43)34-17-12-16-33(30-34)35-28-29-41(37-19-5-4-18-36(35)37)50-40-22-7-6-21-39(40)49-44-23-9-11-27-48(44)58-53(49)56-50/h1-31H. The van der Waals surface area contributed by atoms with Crippen LogP contribution in [0.15, 0.2) is 197 Å². The summed E-state index contributed by atoms with van der Waals surface area (Å²) in [7, 11) is 0. The number of hydrogen-bond donors (Lipinski definition) is 0. The maximum atomic E-state index is 6.48. The minimum absolute atomic E-state index is 0.645. The number of rotatable bonds is 5. The van der Waals surface area contributed by atoms with Gasteiger partial charge >= 0.3 is 0 Å². The third-order valence-corrected chi connectivity index (χ3v) is 11.3. The molecule has 0 saturated heterocycles. The van der Waals surface area contributed by atoms with E-state index in [9.17, 15) is 0 Å². The smallest absolute Gasteiger partial charge is 0.228 e. The van der Waals surface area contributed by atoms with Crippen LogP contribution in [0.1, 0.15) is 0 Å². The first-order valence-corrected chi connectivity index (χ1v) is 19.4. The Hall–Kier alpha value is -7.89. The molecule has 4 aromatic heterocycles. The Morgan fingerprint density at radius 3 is 1.74 bits per heavy atom. The average molecular weight is 742 g/mol. The summed E-state index contributed by atoms with van der Waals surface area (Å²) in [4.78, 5) is 15.6. The summed E-state index contributed by atoms with van der Waals surface area (Å²) in [5.41, 5.74) is 11.8. The lowest BCUT2D eigenvalue weighted by Crippen LogP contribution is -1.96. The Morgan fingerprint density at radius 2 is 0.914 bits per heavy atom. The quantitative estimate of drug-likeness (QED) is 0.176. The highest BCUT2D eigenvalue weighted by atomic mass is 16.3. The van der Waals surface area contributed by atoms with E-state index in [4.69, 9.17) is 23.8 Å². The number of nitrogens with zero attached hydrogens (tertiary/aromatic N) is 3. The van der Waals surface area contributed by atoms with Gasteiger partial charge in [0.05, 0.1) is 22.5 Å². The second kappa shape index (κ2) is 12.8. The highest BCUT2D eigenvalue weighted by molar-refractivity contribution is 6.21. The van der Waals surface area contributed by atoms with E-state index in [0.29, 0.717) is 11.5 Å². The Balaban J connectivity index is 1.02. The van der Waals surface area contributed by atoms with E-state index in [1.54, 1.807) is 0 Å². The van der Waals surface area contributed by atoms with Crippen LogP contribution < -0.4 is 0 Å². The number of para-hydroxylation sites is 3. The summed E-state index contributed by atoms with van der Waals surface area (Å²) < 4.78 is 12.8. The van der Waals surface area contributed by atoms with E-state index in [2.05, 4.69) is 140 Å². The summed E-state index contributed by atoms with van der Waals surface area (Å²) in [6.07, 6.45) is 0. The normalized spacial score (nSPS) is 11.8. The predicted octanol–water partition coefficient (Wildman–Crippen LogP) is 14.3. The summed E-state index contributed by atoms with van der Waals surface area (Å²) in [6, 6.07) is 65.0. The van der Waals surface area contributed by atoms with Crippen LogP contribution in [0.25, 0.3) is 122 Å². The SMILES string of the molecule is c1ccc(-c2nc(-c3cccc(-c4ccc(-c5nc6oc7ccccc7c6c6ccccc56)c5ccccc45)c3)cc(-c3cccc4c3oc3ccccc34)n2)cc1. The van der Waals surface area contributed by atoms with Crippen LogP contribution in [0, 0.1) is 0 Å². The first kappa shape index (κ1) is 32.4. The molecule has 0 N–H and O–H groups in total. The summed E-state index contributed by atoms with van der Waals surface area (Å²) >= 11 is 0. The van der Waals surface area contributed by atoms with Crippen molar-refractivity contribution in [3.63, 3.8) is 0 Å². The summed E-state index contributed by atoms with van der Waals surface area (Å²) in [6.45, 7) is 0. The van der Waals surface area contributed by atoms with Gasteiger partial charge in [-0.05, 0) is 57.6 Å². The first-order valence-electron chi connectivity index (χ1n) is 19.4. The molecule has 0 amide bonds. The van der Waals surface area contributed by atoms with Gasteiger partial charge < -0.3 is 8.83 Å². The van der Waals surface area contributed by atoms with Crippen molar-refractivity contribution in [3.05, 3.63) is 188 Å². The molecule has 4 heterocycles. The fourth-order valence-corrected chi connectivity index (χ4v) is 8.65. The van der Waals surface area contributed by atoms with Crippen LogP contribution in [0.3, 0.4) is 0 Å². The number of aromatic nitrogens is 3. The lowest BCUT2D eigenvalue weighted by molar-refractivity contribution is 0.655. The lowest BCUT2D eigenvalue weighted by Gasteiger charge is -2.14. The van der Waals surface area contributed by atoms with E-state index in [-0.39, 0.29) is 0 Å². The Morgan fingerprint density at radius 1 is 0.328 bits per heavy atom. The van der Waals surface area contributed by atoms with Gasteiger partial charge in [0.25, 0.3) is 0 Å². The van der Waals surface area contributed by atoms with Crippen LogP contribution >= 0.6 is 0 Å². The van der Waals surface area contributed by atoms with Crippen LogP contribution in [0.5, 0.6) is 0 Å². The van der Waals surface area contributed by atoms with Crippen LogP contribution in [0.2, 0.25) is 0 Å². The van der Waals surface area contributed by atoms with Gasteiger partial charge in [0.1, 0.15) is 16.7 Å². The molecule has 0 spiro atoms. The Labute approximate surface area is 332 Å². The minimum atomic E-state index is 0.645. The van der Waals surface area contributed by atoms with Crippen molar-refractivity contribution in [3.8, 4) is 56.3 Å². The average Bonchev–Trinajstić information content (AvgIpc) is 3.87. The molecule has 12 aromatic rings. The zero-order chi connectivity index (χ0) is 38.2. The van der Waals surface area contributed by atoms with E-state index in [1.807, 2.05) is 48.5 Å². The zero-order valence-corrected chi connectivity index (χ0v) is 31.1. The molecule has 0 saturated carbocycles. The van der Waals surface area contributed by atoms with Gasteiger partial charge in [0.2, 0.25) is 5.71 Å². The molecule has 0 aliphatic rings. The van der Waals surface area contributed by atoms with Gasteiger partial charge in [0, 0.05) is 43.8 Å². The Kier molecular flexibility index (Phi) is 7.16. The second-order valence-corrected chi connectivity index (χ2v) is 14.7. The number of benzene rings is 8. The predicted molar refractivity (Wildman–Crippen MR) is 237 cm³/mol. The monoisotopic (exact) mass is 741 g/mol. The molecule has 0 atom stereocenters. The van der Waals surface area contributed by atoms with Gasteiger partial charge in [-0.15, -0.1) is 0 Å². The largest absolute Gasteiger partial charge is 0.455 e. The molecule has 0 aliphatic heterocycles. The molecule has 0 radical (unpaired) electrons. The lowest BCUT2D eigenvalue weighted by atomic mass is 9.91. The molecule has 58 heavy (non-hydrogen) atoms. The molecule has 5 nitrogen and oxygen atoms in total. The number of pyridine rings is 1. The van der Waals surface area contributed by atoms with Crippen LogP contribution in [-0.4, -0.2) is 15.0 Å². The molecule has 12 rings (SSSR count). The van der Waals surface area contributed by atoms with Crippen molar-refractivity contribution < 1.29 is 8.83 Å². The molecule has 0 bridgehead atoms. The van der Waals surface area contributed by atoms with Crippen molar-refractivity contribution in [1.29, 1.82) is 0 Å². The molecule has 270 valence electrons. The Bertz CT molecular complexity index is 3580. The highest BCUT2D eigenvalue weighted by Crippen LogP contribution is 2.43. The second-order valence-electron chi connectivity index (χ2n) is 14.7. The maximum absolute atomic E-state index is 6.48. The first-order chi connectivity index (χ1) is 28.7. The van der Waals surface area contributed by atoms with Crippen molar-refractivity contribution in [2.45, 2.75) is 0 Å². The van der Waals surface area contributed by atoms with Crippen molar-refractivity contribution in [2.24, 2.45) is 0 Å². The van der Waals surface area contributed by atoms with Crippen LogP contribution in [-0.2, 0) is 0 Å². The number of furan rings is 2. The zero-order valence-electron chi connectivity index (χ0n) is 31.1. The van der Waals surface area contributed by atoms with Crippen LogP contribution in [0.4, 0.5) is 0 Å².